The van der Waals surface area contributed by atoms with Gasteiger partial charge in [0, 0.05) is 0 Å². The van der Waals surface area contributed by atoms with Crippen molar-refractivity contribution in [1.29, 1.82) is 0 Å². The maximum atomic E-state index is 4.28. The van der Waals surface area contributed by atoms with Crippen LogP contribution >= 0.6 is 0 Å². The highest BCUT2D eigenvalue weighted by molar-refractivity contribution is 5.25. The van der Waals surface area contributed by atoms with Crippen LogP contribution in [0.15, 0.2) is 30.6 Å². The zero-order valence-electron chi connectivity index (χ0n) is 12.6. The molecule has 2 aromatic rings. The van der Waals surface area contributed by atoms with Gasteiger partial charge in [-0.25, -0.2) is 4.98 Å². The van der Waals surface area contributed by atoms with Crippen LogP contribution in [0.25, 0.3) is 0 Å². The van der Waals surface area contributed by atoms with Gasteiger partial charge >= 0.3 is 0 Å². The summed E-state index contributed by atoms with van der Waals surface area (Å²) in [7, 11) is 0. The van der Waals surface area contributed by atoms with Crippen LogP contribution in [0.5, 0.6) is 0 Å². The van der Waals surface area contributed by atoms with Gasteiger partial charge in [0.1, 0.15) is 12.2 Å². The van der Waals surface area contributed by atoms with E-state index in [1.54, 1.807) is 6.33 Å². The predicted octanol–water partition coefficient (Wildman–Crippen LogP) is 3.21. The molecule has 2 rings (SSSR count). The maximum Gasteiger partial charge on any atom is 0.141 e. The third-order valence-electron chi connectivity index (χ3n) is 3.49. The number of rotatable bonds is 7. The number of benzene rings is 1. The fourth-order valence-corrected chi connectivity index (χ4v) is 2.24. The van der Waals surface area contributed by atoms with Gasteiger partial charge in [0.05, 0.1) is 6.04 Å². The first-order valence-corrected chi connectivity index (χ1v) is 7.38. The van der Waals surface area contributed by atoms with Gasteiger partial charge in [-0.2, -0.15) is 5.10 Å². The molecular weight excluding hydrogens is 248 g/mol. The monoisotopic (exact) mass is 272 g/mol. The molecule has 0 aliphatic rings. The van der Waals surface area contributed by atoms with E-state index < -0.39 is 0 Å². The molecule has 1 aromatic carbocycles. The average molecular weight is 272 g/mol. The van der Waals surface area contributed by atoms with Gasteiger partial charge in [-0.1, -0.05) is 45.0 Å². The zero-order chi connectivity index (χ0) is 14.4. The highest BCUT2D eigenvalue weighted by Gasteiger charge is 2.14. The highest BCUT2D eigenvalue weighted by Crippen LogP contribution is 2.18. The van der Waals surface area contributed by atoms with Gasteiger partial charge in [0.2, 0.25) is 0 Å². The molecule has 108 valence electrons. The van der Waals surface area contributed by atoms with Crippen LogP contribution in [0.4, 0.5) is 0 Å². The van der Waals surface area contributed by atoms with Crippen LogP contribution in [0.3, 0.4) is 0 Å². The van der Waals surface area contributed by atoms with Crippen molar-refractivity contribution < 1.29 is 0 Å². The van der Waals surface area contributed by atoms with Gasteiger partial charge in [-0.3, -0.25) is 5.10 Å². The van der Waals surface area contributed by atoms with Crippen molar-refractivity contribution in [2.24, 2.45) is 0 Å². The molecule has 0 aliphatic heterocycles. The lowest BCUT2D eigenvalue weighted by Crippen LogP contribution is -2.25. The average Bonchev–Trinajstić information content (AvgIpc) is 2.98. The summed E-state index contributed by atoms with van der Waals surface area (Å²) in [5.41, 5.74) is 2.70. The number of aromatic amines is 1. The fraction of sp³-hybridized carbons (Fsp3) is 0.500. The molecule has 0 aliphatic carbocycles. The molecule has 1 heterocycles. The molecule has 0 radical (unpaired) electrons. The summed E-state index contributed by atoms with van der Waals surface area (Å²) in [4.78, 5) is 4.28. The van der Waals surface area contributed by atoms with Crippen LogP contribution in [0.2, 0.25) is 0 Å². The summed E-state index contributed by atoms with van der Waals surface area (Å²) >= 11 is 0. The normalized spacial score (nSPS) is 12.8. The molecule has 0 spiro atoms. The van der Waals surface area contributed by atoms with Gasteiger partial charge in [-0.05, 0) is 36.4 Å². The molecule has 2 N–H and O–H groups in total. The zero-order valence-corrected chi connectivity index (χ0v) is 12.6. The molecule has 0 amide bonds. The third-order valence-corrected chi connectivity index (χ3v) is 3.49. The Kier molecular flexibility index (Phi) is 5.30. The van der Waals surface area contributed by atoms with E-state index in [4.69, 9.17) is 0 Å². The van der Waals surface area contributed by atoms with Crippen molar-refractivity contribution in [3.8, 4) is 0 Å². The van der Waals surface area contributed by atoms with Gasteiger partial charge in [0.15, 0.2) is 0 Å². The third kappa shape index (κ3) is 3.90. The minimum Gasteiger partial charge on any atom is -0.307 e. The number of aromatic nitrogens is 3. The molecule has 0 saturated carbocycles. The van der Waals surface area contributed by atoms with Crippen molar-refractivity contribution in [1.82, 2.24) is 20.5 Å². The highest BCUT2D eigenvalue weighted by atomic mass is 15.2. The lowest BCUT2D eigenvalue weighted by Gasteiger charge is -2.16. The Morgan fingerprint density at radius 1 is 1.20 bits per heavy atom. The van der Waals surface area contributed by atoms with E-state index >= 15 is 0 Å². The van der Waals surface area contributed by atoms with Crippen LogP contribution in [-0.4, -0.2) is 21.7 Å². The second-order valence-corrected chi connectivity index (χ2v) is 5.48. The SMILES string of the molecule is CCCNC(Cc1ccc(C(C)C)cc1)c1ncn[nH]1. The number of nitrogens with one attached hydrogen (secondary N) is 2. The first-order chi connectivity index (χ1) is 9.70. The van der Waals surface area contributed by atoms with E-state index in [0.29, 0.717) is 5.92 Å². The molecule has 4 heteroatoms. The van der Waals surface area contributed by atoms with Crippen LogP contribution < -0.4 is 5.32 Å². The lowest BCUT2D eigenvalue weighted by atomic mass is 9.99. The van der Waals surface area contributed by atoms with Crippen molar-refractivity contribution in [2.45, 2.75) is 45.6 Å². The van der Waals surface area contributed by atoms with E-state index in [1.165, 1.54) is 11.1 Å². The number of hydrogen-bond donors (Lipinski definition) is 2. The number of hydrogen-bond acceptors (Lipinski definition) is 3. The van der Waals surface area contributed by atoms with Gasteiger partial charge in [-0.15, -0.1) is 0 Å². The topological polar surface area (TPSA) is 53.6 Å². The first kappa shape index (κ1) is 14.7. The van der Waals surface area contributed by atoms with Crippen molar-refractivity contribution >= 4 is 0 Å². The molecule has 1 unspecified atom stereocenters. The predicted molar refractivity (Wildman–Crippen MR) is 81.7 cm³/mol. The Hall–Kier alpha value is -1.68. The standard InChI is InChI=1S/C16H24N4/c1-4-9-17-15(16-18-11-19-20-16)10-13-5-7-14(8-6-13)12(2)3/h5-8,11-12,15,17H,4,9-10H2,1-3H3,(H,18,19,20). The largest absolute Gasteiger partial charge is 0.307 e. The molecule has 0 bridgehead atoms. The summed E-state index contributed by atoms with van der Waals surface area (Å²) in [6.07, 6.45) is 3.60. The molecule has 4 nitrogen and oxygen atoms in total. The van der Waals surface area contributed by atoms with Crippen LogP contribution in [0.1, 0.15) is 56.1 Å². The second kappa shape index (κ2) is 7.20. The fourth-order valence-electron chi connectivity index (χ4n) is 2.24. The van der Waals surface area contributed by atoms with Crippen molar-refractivity contribution in [3.63, 3.8) is 0 Å². The molecule has 0 saturated heterocycles. The van der Waals surface area contributed by atoms with Crippen molar-refractivity contribution in [3.05, 3.63) is 47.5 Å². The molecule has 1 atom stereocenters. The van der Waals surface area contributed by atoms with E-state index in [-0.39, 0.29) is 6.04 Å². The Morgan fingerprint density at radius 3 is 2.50 bits per heavy atom. The van der Waals surface area contributed by atoms with Crippen LogP contribution in [-0.2, 0) is 6.42 Å². The summed E-state index contributed by atoms with van der Waals surface area (Å²) in [6, 6.07) is 9.06. The Labute approximate surface area is 121 Å². The van der Waals surface area contributed by atoms with Crippen molar-refractivity contribution in [2.75, 3.05) is 6.54 Å². The minimum atomic E-state index is 0.197. The Morgan fingerprint density at radius 2 is 1.95 bits per heavy atom. The smallest absolute Gasteiger partial charge is 0.141 e. The second-order valence-electron chi connectivity index (χ2n) is 5.48. The lowest BCUT2D eigenvalue weighted by molar-refractivity contribution is 0.506. The van der Waals surface area contributed by atoms with Gasteiger partial charge in [0.25, 0.3) is 0 Å². The van der Waals surface area contributed by atoms with E-state index in [2.05, 4.69) is 65.5 Å². The van der Waals surface area contributed by atoms with Crippen LogP contribution in [0, 0.1) is 0 Å². The summed E-state index contributed by atoms with van der Waals surface area (Å²) in [5, 5.41) is 10.5. The van der Waals surface area contributed by atoms with E-state index in [9.17, 15) is 0 Å². The summed E-state index contributed by atoms with van der Waals surface area (Å²) in [5.74, 6) is 1.48. The van der Waals surface area contributed by atoms with E-state index in [0.717, 1.165) is 25.2 Å². The summed E-state index contributed by atoms with van der Waals surface area (Å²) in [6.45, 7) is 7.58. The molecule has 20 heavy (non-hydrogen) atoms. The van der Waals surface area contributed by atoms with Gasteiger partial charge < -0.3 is 5.32 Å². The van der Waals surface area contributed by atoms with E-state index in [1.807, 2.05) is 0 Å². The molecule has 0 fully saturated rings. The maximum absolute atomic E-state index is 4.28. The minimum absolute atomic E-state index is 0.197. The first-order valence-electron chi connectivity index (χ1n) is 7.38. The molecular formula is C16H24N4. The number of H-pyrrole nitrogens is 1. The Balaban J connectivity index is 2.07. The quantitative estimate of drug-likeness (QED) is 0.813. The summed E-state index contributed by atoms with van der Waals surface area (Å²) < 4.78 is 0. The Bertz CT molecular complexity index is 488. The number of nitrogens with zero attached hydrogens (tertiary/aromatic N) is 2. The molecule has 1 aromatic heterocycles.